The molecular formula is C13H15N3O5S2. The molecule has 0 aliphatic rings. The van der Waals surface area contributed by atoms with Crippen LogP contribution in [0.25, 0.3) is 11.5 Å². The minimum absolute atomic E-state index is 0.0900. The van der Waals surface area contributed by atoms with Crippen LogP contribution in [0.4, 0.5) is 5.69 Å². The van der Waals surface area contributed by atoms with Crippen molar-refractivity contribution in [1.82, 2.24) is 10.2 Å². The van der Waals surface area contributed by atoms with E-state index in [4.69, 9.17) is 9.15 Å². The molecule has 1 heterocycles. The fraction of sp³-hybridized carbons (Fsp3) is 0.308. The summed E-state index contributed by atoms with van der Waals surface area (Å²) in [6, 6.07) is 6.49. The van der Waals surface area contributed by atoms with Crippen LogP contribution in [-0.4, -0.2) is 43.2 Å². The minimum atomic E-state index is -3.32. The Balaban J connectivity index is 2.01. The molecule has 124 valence electrons. The standard InChI is InChI=1S/C13H15N3O5S2/c1-3-20-11(17)8-22-13-15-14-12(21-13)9-4-6-10(7-5-9)16-23(2,18)19/h4-7,16H,3,8H2,1-2H3. The molecule has 0 amide bonds. The van der Waals surface area contributed by atoms with Gasteiger partial charge in [0.1, 0.15) is 5.75 Å². The van der Waals surface area contributed by atoms with Crippen molar-refractivity contribution >= 4 is 33.4 Å². The van der Waals surface area contributed by atoms with Crippen LogP contribution in [0, 0.1) is 0 Å². The highest BCUT2D eigenvalue weighted by Crippen LogP contribution is 2.24. The van der Waals surface area contributed by atoms with Crippen LogP contribution in [0.1, 0.15) is 6.92 Å². The quantitative estimate of drug-likeness (QED) is 0.589. The molecular weight excluding hydrogens is 342 g/mol. The summed E-state index contributed by atoms with van der Waals surface area (Å²) in [5, 5.41) is 7.98. The number of hydrogen-bond donors (Lipinski definition) is 1. The molecule has 0 radical (unpaired) electrons. The highest BCUT2D eigenvalue weighted by molar-refractivity contribution is 7.99. The largest absolute Gasteiger partial charge is 0.465 e. The van der Waals surface area contributed by atoms with Crippen LogP contribution in [0.5, 0.6) is 0 Å². The van der Waals surface area contributed by atoms with Gasteiger partial charge in [0.05, 0.1) is 12.9 Å². The number of aromatic nitrogens is 2. The maximum Gasteiger partial charge on any atom is 0.316 e. The molecule has 0 spiro atoms. The second-order valence-corrected chi connectivity index (χ2v) is 7.09. The molecule has 0 aliphatic carbocycles. The number of anilines is 1. The molecule has 2 rings (SSSR count). The number of sulfonamides is 1. The topological polar surface area (TPSA) is 111 Å². The smallest absolute Gasteiger partial charge is 0.316 e. The molecule has 0 fully saturated rings. The first-order valence-corrected chi connectivity index (χ1v) is 9.45. The number of nitrogens with one attached hydrogen (secondary N) is 1. The molecule has 0 aliphatic heterocycles. The van der Waals surface area contributed by atoms with E-state index >= 15 is 0 Å². The number of nitrogens with zero attached hydrogens (tertiary/aromatic N) is 2. The van der Waals surface area contributed by atoms with Crippen LogP contribution in [0.2, 0.25) is 0 Å². The first kappa shape index (κ1) is 17.3. The number of esters is 1. The molecule has 10 heteroatoms. The minimum Gasteiger partial charge on any atom is -0.465 e. The Bertz CT molecular complexity index is 771. The summed E-state index contributed by atoms with van der Waals surface area (Å²) in [4.78, 5) is 11.3. The van der Waals surface area contributed by atoms with Gasteiger partial charge in [-0.25, -0.2) is 8.42 Å². The van der Waals surface area contributed by atoms with Crippen LogP contribution < -0.4 is 4.72 Å². The summed E-state index contributed by atoms with van der Waals surface area (Å²) in [7, 11) is -3.32. The van der Waals surface area contributed by atoms with Gasteiger partial charge in [0.25, 0.3) is 5.22 Å². The van der Waals surface area contributed by atoms with Crippen molar-refractivity contribution in [2.45, 2.75) is 12.1 Å². The summed E-state index contributed by atoms with van der Waals surface area (Å²) < 4.78 is 34.9. The van der Waals surface area contributed by atoms with Gasteiger partial charge >= 0.3 is 5.97 Å². The van der Waals surface area contributed by atoms with Gasteiger partial charge in [0.2, 0.25) is 15.9 Å². The van der Waals surface area contributed by atoms with Gasteiger partial charge in [0, 0.05) is 11.3 Å². The van der Waals surface area contributed by atoms with Crippen molar-refractivity contribution in [3.05, 3.63) is 24.3 Å². The Hall–Kier alpha value is -2.07. The summed E-state index contributed by atoms with van der Waals surface area (Å²) in [5.41, 5.74) is 1.08. The predicted molar refractivity (Wildman–Crippen MR) is 85.6 cm³/mol. The second kappa shape index (κ2) is 7.47. The van der Waals surface area contributed by atoms with Gasteiger partial charge in [-0.3, -0.25) is 9.52 Å². The van der Waals surface area contributed by atoms with Crippen LogP contribution in [0.3, 0.4) is 0 Å². The summed E-state index contributed by atoms with van der Waals surface area (Å²) in [6.07, 6.45) is 1.08. The number of thioether (sulfide) groups is 1. The monoisotopic (exact) mass is 357 g/mol. The van der Waals surface area contributed by atoms with Gasteiger partial charge in [-0.15, -0.1) is 10.2 Å². The third-order valence-corrected chi connectivity index (χ3v) is 3.86. The van der Waals surface area contributed by atoms with E-state index in [1.807, 2.05) is 0 Å². The van der Waals surface area contributed by atoms with E-state index < -0.39 is 10.0 Å². The van der Waals surface area contributed by atoms with Gasteiger partial charge in [-0.05, 0) is 31.2 Å². The van der Waals surface area contributed by atoms with E-state index in [0.717, 1.165) is 18.0 Å². The molecule has 1 N–H and O–H groups in total. The third kappa shape index (κ3) is 5.57. The Labute approximate surface area is 137 Å². The van der Waals surface area contributed by atoms with E-state index in [0.29, 0.717) is 17.9 Å². The van der Waals surface area contributed by atoms with Crippen LogP contribution >= 0.6 is 11.8 Å². The molecule has 0 bridgehead atoms. The van der Waals surface area contributed by atoms with E-state index in [-0.39, 0.29) is 22.8 Å². The molecule has 2 aromatic rings. The number of hydrogen-bond acceptors (Lipinski definition) is 8. The van der Waals surface area contributed by atoms with Crippen LogP contribution in [-0.2, 0) is 19.6 Å². The van der Waals surface area contributed by atoms with E-state index in [2.05, 4.69) is 14.9 Å². The van der Waals surface area contributed by atoms with E-state index in [1.165, 1.54) is 0 Å². The van der Waals surface area contributed by atoms with E-state index in [1.54, 1.807) is 31.2 Å². The van der Waals surface area contributed by atoms with Crippen molar-refractivity contribution in [2.75, 3.05) is 23.3 Å². The number of rotatable bonds is 7. The zero-order chi connectivity index (χ0) is 16.9. The fourth-order valence-corrected chi connectivity index (χ4v) is 2.73. The Morgan fingerprint density at radius 3 is 2.61 bits per heavy atom. The lowest BCUT2D eigenvalue weighted by molar-refractivity contribution is -0.139. The summed E-state index contributed by atoms with van der Waals surface area (Å²) >= 11 is 1.09. The third-order valence-electron chi connectivity index (χ3n) is 2.46. The lowest BCUT2D eigenvalue weighted by atomic mass is 10.2. The summed E-state index contributed by atoms with van der Waals surface area (Å²) in [5.74, 6) is 0.0166. The zero-order valence-electron chi connectivity index (χ0n) is 12.5. The Kier molecular flexibility index (Phi) is 5.61. The number of ether oxygens (including phenoxy) is 1. The SMILES string of the molecule is CCOC(=O)CSc1nnc(-c2ccc(NS(C)(=O)=O)cc2)o1. The molecule has 0 saturated heterocycles. The van der Waals surface area contributed by atoms with Gasteiger partial charge in [-0.2, -0.15) is 0 Å². The molecule has 8 nitrogen and oxygen atoms in total. The Morgan fingerprint density at radius 1 is 1.30 bits per heavy atom. The number of carbonyl (C=O) groups excluding carboxylic acids is 1. The van der Waals surface area contributed by atoms with Crippen molar-refractivity contribution < 1.29 is 22.4 Å². The maximum atomic E-state index is 11.3. The average Bonchev–Trinajstić information content (AvgIpc) is 2.93. The van der Waals surface area contributed by atoms with Gasteiger partial charge < -0.3 is 9.15 Å². The lowest BCUT2D eigenvalue weighted by Gasteiger charge is -2.03. The first-order valence-electron chi connectivity index (χ1n) is 6.57. The highest BCUT2D eigenvalue weighted by atomic mass is 32.2. The zero-order valence-corrected chi connectivity index (χ0v) is 14.1. The normalized spacial score (nSPS) is 11.2. The molecule has 1 aromatic carbocycles. The van der Waals surface area contributed by atoms with Crippen molar-refractivity contribution in [1.29, 1.82) is 0 Å². The van der Waals surface area contributed by atoms with Crippen LogP contribution in [0.15, 0.2) is 33.9 Å². The molecule has 1 aromatic heterocycles. The molecule has 0 atom stereocenters. The van der Waals surface area contributed by atoms with Gasteiger partial charge in [-0.1, -0.05) is 11.8 Å². The Morgan fingerprint density at radius 2 is 2.00 bits per heavy atom. The summed E-state index contributed by atoms with van der Waals surface area (Å²) in [6.45, 7) is 2.05. The second-order valence-electron chi connectivity index (χ2n) is 4.42. The van der Waals surface area contributed by atoms with E-state index in [9.17, 15) is 13.2 Å². The average molecular weight is 357 g/mol. The molecule has 23 heavy (non-hydrogen) atoms. The molecule has 0 unspecified atom stereocenters. The van der Waals surface area contributed by atoms with Crippen molar-refractivity contribution in [3.8, 4) is 11.5 Å². The maximum absolute atomic E-state index is 11.3. The lowest BCUT2D eigenvalue weighted by Crippen LogP contribution is -2.09. The highest BCUT2D eigenvalue weighted by Gasteiger charge is 2.12. The molecule has 0 saturated carbocycles. The number of carbonyl (C=O) groups is 1. The van der Waals surface area contributed by atoms with Gasteiger partial charge in [0.15, 0.2) is 0 Å². The van der Waals surface area contributed by atoms with Crippen molar-refractivity contribution in [2.24, 2.45) is 0 Å². The first-order chi connectivity index (χ1) is 10.9. The predicted octanol–water partition coefficient (Wildman–Crippen LogP) is 1.76. The number of benzene rings is 1. The van der Waals surface area contributed by atoms with Crippen molar-refractivity contribution in [3.63, 3.8) is 0 Å². The fourth-order valence-electron chi connectivity index (χ4n) is 1.60.